The first-order valence-corrected chi connectivity index (χ1v) is 7.75. The molecule has 0 radical (unpaired) electrons. The SMILES string of the molecule is Cc1ccc(N)c(S(=O)(=O)NCCC2CC2)c1C. The van der Waals surface area contributed by atoms with E-state index < -0.39 is 10.0 Å². The predicted octanol–water partition coefficient (Wildman–Crippen LogP) is 1.96. The molecule has 0 atom stereocenters. The van der Waals surface area contributed by atoms with Gasteiger partial charge in [-0.05, 0) is 43.4 Å². The average Bonchev–Trinajstić information content (AvgIpc) is 3.07. The minimum absolute atomic E-state index is 0.235. The smallest absolute Gasteiger partial charge is 0.242 e. The highest BCUT2D eigenvalue weighted by molar-refractivity contribution is 7.89. The monoisotopic (exact) mass is 268 g/mol. The van der Waals surface area contributed by atoms with Gasteiger partial charge in [0.1, 0.15) is 4.90 Å². The van der Waals surface area contributed by atoms with E-state index in [1.165, 1.54) is 12.8 Å². The van der Waals surface area contributed by atoms with Crippen LogP contribution in [0.5, 0.6) is 0 Å². The van der Waals surface area contributed by atoms with Gasteiger partial charge in [-0.2, -0.15) is 0 Å². The molecular weight excluding hydrogens is 248 g/mol. The van der Waals surface area contributed by atoms with Crippen LogP contribution in [0, 0.1) is 19.8 Å². The van der Waals surface area contributed by atoms with Crippen LogP contribution in [-0.2, 0) is 10.0 Å². The lowest BCUT2D eigenvalue weighted by atomic mass is 10.1. The van der Waals surface area contributed by atoms with Gasteiger partial charge < -0.3 is 5.73 Å². The molecule has 0 amide bonds. The highest BCUT2D eigenvalue weighted by Gasteiger charge is 2.24. The van der Waals surface area contributed by atoms with Gasteiger partial charge in [-0.25, -0.2) is 13.1 Å². The van der Waals surface area contributed by atoms with Crippen molar-refractivity contribution in [2.24, 2.45) is 5.92 Å². The van der Waals surface area contributed by atoms with Gasteiger partial charge in [0, 0.05) is 6.54 Å². The number of nitrogens with one attached hydrogen (secondary N) is 1. The van der Waals surface area contributed by atoms with E-state index in [1.54, 1.807) is 13.0 Å². The second-order valence-corrected chi connectivity index (χ2v) is 6.76. The van der Waals surface area contributed by atoms with Crippen molar-refractivity contribution in [2.75, 3.05) is 12.3 Å². The summed E-state index contributed by atoms with van der Waals surface area (Å²) in [5, 5.41) is 0. The second-order valence-electron chi connectivity index (χ2n) is 5.06. The lowest BCUT2D eigenvalue weighted by Gasteiger charge is -2.13. The summed E-state index contributed by atoms with van der Waals surface area (Å²) >= 11 is 0. The number of hydrogen-bond acceptors (Lipinski definition) is 3. The van der Waals surface area contributed by atoms with Gasteiger partial charge in [-0.15, -0.1) is 0 Å². The van der Waals surface area contributed by atoms with Crippen LogP contribution < -0.4 is 10.5 Å². The highest BCUT2D eigenvalue weighted by Crippen LogP contribution is 2.32. The van der Waals surface area contributed by atoms with Crippen molar-refractivity contribution in [3.05, 3.63) is 23.3 Å². The predicted molar refractivity (Wildman–Crippen MR) is 72.9 cm³/mol. The first kappa shape index (κ1) is 13.4. The zero-order chi connectivity index (χ0) is 13.3. The van der Waals surface area contributed by atoms with E-state index in [1.807, 2.05) is 13.0 Å². The second kappa shape index (κ2) is 4.90. The lowest BCUT2D eigenvalue weighted by molar-refractivity contribution is 0.575. The molecule has 1 aromatic rings. The molecule has 0 aliphatic heterocycles. The molecule has 5 heteroatoms. The standard InChI is InChI=1S/C13H20N2O2S/c1-9-3-6-12(14)13(10(9)2)18(16,17)15-8-7-11-4-5-11/h3,6,11,15H,4-5,7-8,14H2,1-2H3. The normalized spacial score (nSPS) is 15.9. The van der Waals surface area contributed by atoms with Gasteiger partial charge in [0.05, 0.1) is 5.69 Å². The quantitative estimate of drug-likeness (QED) is 0.802. The Morgan fingerprint density at radius 2 is 2.00 bits per heavy atom. The highest BCUT2D eigenvalue weighted by atomic mass is 32.2. The van der Waals surface area contributed by atoms with Crippen molar-refractivity contribution in [3.63, 3.8) is 0 Å². The summed E-state index contributed by atoms with van der Waals surface area (Å²) in [6.07, 6.45) is 3.38. The summed E-state index contributed by atoms with van der Waals surface area (Å²) in [4.78, 5) is 0.235. The Bertz CT molecular complexity index is 548. The van der Waals surface area contributed by atoms with Crippen LogP contribution in [0.15, 0.2) is 17.0 Å². The molecular formula is C13H20N2O2S. The molecule has 0 saturated heterocycles. The average molecular weight is 268 g/mol. The first-order chi connectivity index (χ1) is 8.42. The molecule has 0 heterocycles. The number of benzene rings is 1. The number of anilines is 1. The fraction of sp³-hybridized carbons (Fsp3) is 0.538. The van der Waals surface area contributed by atoms with E-state index in [9.17, 15) is 8.42 Å². The number of sulfonamides is 1. The molecule has 0 aromatic heterocycles. The van der Waals surface area contributed by atoms with Gasteiger partial charge in [0.15, 0.2) is 0 Å². The summed E-state index contributed by atoms with van der Waals surface area (Å²) in [6, 6.07) is 3.49. The molecule has 1 aliphatic rings. The van der Waals surface area contributed by atoms with E-state index >= 15 is 0 Å². The maximum absolute atomic E-state index is 12.2. The van der Waals surface area contributed by atoms with Crippen LogP contribution in [-0.4, -0.2) is 15.0 Å². The molecule has 0 unspecified atom stereocenters. The molecule has 4 nitrogen and oxygen atoms in total. The van der Waals surface area contributed by atoms with E-state index in [4.69, 9.17) is 5.73 Å². The summed E-state index contributed by atoms with van der Waals surface area (Å²) in [5.74, 6) is 0.712. The zero-order valence-electron chi connectivity index (χ0n) is 10.9. The van der Waals surface area contributed by atoms with E-state index in [2.05, 4.69) is 4.72 Å². The number of rotatable bonds is 5. The Labute approximate surface area is 109 Å². The topological polar surface area (TPSA) is 72.2 Å². The molecule has 2 rings (SSSR count). The Balaban J connectivity index is 2.19. The lowest BCUT2D eigenvalue weighted by Crippen LogP contribution is -2.26. The molecule has 0 bridgehead atoms. The Morgan fingerprint density at radius 3 is 2.61 bits per heavy atom. The van der Waals surface area contributed by atoms with Crippen molar-refractivity contribution in [1.82, 2.24) is 4.72 Å². The van der Waals surface area contributed by atoms with Crippen LogP contribution >= 0.6 is 0 Å². The maximum atomic E-state index is 12.2. The summed E-state index contributed by atoms with van der Waals surface area (Å²) < 4.78 is 27.1. The molecule has 1 fully saturated rings. The Hall–Kier alpha value is -1.07. The van der Waals surface area contributed by atoms with Crippen LogP contribution in [0.1, 0.15) is 30.4 Å². The van der Waals surface area contributed by atoms with E-state index in [0.29, 0.717) is 18.2 Å². The van der Waals surface area contributed by atoms with Crippen molar-refractivity contribution in [2.45, 2.75) is 38.0 Å². The number of nitrogen functional groups attached to an aromatic ring is 1. The third-order valence-corrected chi connectivity index (χ3v) is 5.18. The van der Waals surface area contributed by atoms with Crippen molar-refractivity contribution in [3.8, 4) is 0 Å². The number of aryl methyl sites for hydroxylation is 1. The minimum Gasteiger partial charge on any atom is -0.398 e. The summed E-state index contributed by atoms with van der Waals surface area (Å²) in [6.45, 7) is 4.18. The van der Waals surface area contributed by atoms with Crippen molar-refractivity contribution >= 4 is 15.7 Å². The number of nitrogens with two attached hydrogens (primary N) is 1. The molecule has 1 saturated carbocycles. The molecule has 1 aromatic carbocycles. The first-order valence-electron chi connectivity index (χ1n) is 6.27. The zero-order valence-corrected chi connectivity index (χ0v) is 11.7. The van der Waals surface area contributed by atoms with Crippen LogP contribution in [0.4, 0.5) is 5.69 Å². The van der Waals surface area contributed by atoms with Crippen molar-refractivity contribution < 1.29 is 8.42 Å². The molecule has 0 spiro atoms. The minimum atomic E-state index is -3.49. The fourth-order valence-corrected chi connectivity index (χ4v) is 3.52. The Morgan fingerprint density at radius 1 is 1.33 bits per heavy atom. The molecule has 100 valence electrons. The fourth-order valence-electron chi connectivity index (χ4n) is 2.04. The van der Waals surface area contributed by atoms with E-state index in [-0.39, 0.29) is 4.90 Å². The van der Waals surface area contributed by atoms with Crippen LogP contribution in [0.25, 0.3) is 0 Å². The van der Waals surface area contributed by atoms with Gasteiger partial charge >= 0.3 is 0 Å². The molecule has 3 N–H and O–H groups in total. The van der Waals surface area contributed by atoms with Gasteiger partial charge in [0.2, 0.25) is 10.0 Å². The molecule has 1 aliphatic carbocycles. The third kappa shape index (κ3) is 2.84. The molecule has 18 heavy (non-hydrogen) atoms. The van der Waals surface area contributed by atoms with Gasteiger partial charge in [-0.3, -0.25) is 0 Å². The summed E-state index contributed by atoms with van der Waals surface area (Å²) in [5.41, 5.74) is 7.79. The number of hydrogen-bond donors (Lipinski definition) is 2. The van der Waals surface area contributed by atoms with Gasteiger partial charge in [-0.1, -0.05) is 18.9 Å². The van der Waals surface area contributed by atoms with Gasteiger partial charge in [0.25, 0.3) is 0 Å². The van der Waals surface area contributed by atoms with E-state index in [0.717, 1.165) is 17.5 Å². The Kier molecular flexibility index (Phi) is 3.64. The summed E-state index contributed by atoms with van der Waals surface area (Å²) in [7, 11) is -3.49. The largest absolute Gasteiger partial charge is 0.398 e. The van der Waals surface area contributed by atoms with Crippen LogP contribution in [0.3, 0.4) is 0 Å². The van der Waals surface area contributed by atoms with Crippen molar-refractivity contribution in [1.29, 1.82) is 0 Å². The third-order valence-electron chi connectivity index (χ3n) is 3.52. The van der Waals surface area contributed by atoms with Crippen LogP contribution in [0.2, 0.25) is 0 Å². The maximum Gasteiger partial charge on any atom is 0.242 e.